The van der Waals surface area contributed by atoms with Gasteiger partial charge in [0.2, 0.25) is 0 Å². The zero-order valence-corrected chi connectivity index (χ0v) is 11.1. The predicted octanol–water partition coefficient (Wildman–Crippen LogP) is 1.72. The number of benzene rings is 1. The van der Waals surface area contributed by atoms with Crippen molar-refractivity contribution >= 4 is 0 Å². The lowest BCUT2D eigenvalue weighted by Gasteiger charge is -2.46. The Morgan fingerprint density at radius 3 is 2.84 bits per heavy atom. The van der Waals surface area contributed by atoms with Crippen molar-refractivity contribution in [1.82, 2.24) is 0 Å². The van der Waals surface area contributed by atoms with E-state index in [1.165, 1.54) is 5.56 Å². The second kappa shape index (κ2) is 3.81. The molecule has 19 heavy (non-hydrogen) atoms. The molecule has 2 bridgehead atoms. The molecule has 102 valence electrons. The van der Waals surface area contributed by atoms with Gasteiger partial charge in [0.15, 0.2) is 0 Å². The zero-order chi connectivity index (χ0) is 13.1. The summed E-state index contributed by atoms with van der Waals surface area (Å²) in [5.41, 5.74) is 7.44. The summed E-state index contributed by atoms with van der Waals surface area (Å²) in [6.45, 7) is 0.513. The molecule has 3 heteroatoms. The second-order valence-corrected chi connectivity index (χ2v) is 6.41. The third-order valence-electron chi connectivity index (χ3n) is 5.72. The van der Waals surface area contributed by atoms with E-state index in [9.17, 15) is 5.11 Å². The van der Waals surface area contributed by atoms with Gasteiger partial charge in [-0.15, -0.1) is 0 Å². The van der Waals surface area contributed by atoms with Crippen LogP contribution in [0, 0.1) is 5.41 Å². The molecule has 2 fully saturated rings. The highest BCUT2D eigenvalue weighted by atomic mass is 16.5. The monoisotopic (exact) mass is 259 g/mol. The van der Waals surface area contributed by atoms with E-state index in [1.807, 2.05) is 6.07 Å². The van der Waals surface area contributed by atoms with Gasteiger partial charge in [0, 0.05) is 12.0 Å². The molecule has 1 aromatic rings. The zero-order valence-electron chi connectivity index (χ0n) is 11.1. The average Bonchev–Trinajstić information content (AvgIpc) is 3.13. The van der Waals surface area contributed by atoms with Gasteiger partial charge < -0.3 is 15.6 Å². The molecule has 1 aliphatic carbocycles. The third kappa shape index (κ3) is 1.33. The van der Waals surface area contributed by atoms with Crippen LogP contribution in [-0.4, -0.2) is 23.9 Å². The maximum absolute atomic E-state index is 11.5. The van der Waals surface area contributed by atoms with Crippen molar-refractivity contribution in [2.75, 3.05) is 6.54 Å². The van der Waals surface area contributed by atoms with Gasteiger partial charge in [-0.3, -0.25) is 0 Å². The minimum atomic E-state index is -0.793. The van der Waals surface area contributed by atoms with Crippen LogP contribution in [0.15, 0.2) is 24.3 Å². The van der Waals surface area contributed by atoms with Crippen molar-refractivity contribution in [1.29, 1.82) is 0 Å². The van der Waals surface area contributed by atoms with Crippen LogP contribution >= 0.6 is 0 Å². The van der Waals surface area contributed by atoms with Crippen molar-refractivity contribution in [2.45, 2.75) is 49.9 Å². The Bertz CT molecular complexity index is 517. The lowest BCUT2D eigenvalue weighted by Crippen LogP contribution is -2.55. The first-order chi connectivity index (χ1) is 9.19. The highest BCUT2D eigenvalue weighted by molar-refractivity contribution is 5.40. The average molecular weight is 259 g/mol. The van der Waals surface area contributed by atoms with E-state index in [2.05, 4.69) is 18.2 Å². The fourth-order valence-electron chi connectivity index (χ4n) is 4.73. The number of nitrogens with two attached hydrogens (primary N) is 1. The van der Waals surface area contributed by atoms with E-state index in [0.717, 1.165) is 37.7 Å². The smallest absolute Gasteiger partial charge is 0.0996 e. The van der Waals surface area contributed by atoms with Crippen LogP contribution in [0.25, 0.3) is 0 Å². The van der Waals surface area contributed by atoms with Gasteiger partial charge in [0.05, 0.1) is 17.8 Å². The number of rotatable bonds is 2. The molecule has 3 nitrogen and oxygen atoms in total. The van der Waals surface area contributed by atoms with Crippen molar-refractivity contribution in [3.8, 4) is 0 Å². The largest absolute Gasteiger partial charge is 0.384 e. The Labute approximate surface area is 113 Å². The summed E-state index contributed by atoms with van der Waals surface area (Å²) in [5, 5.41) is 11.5. The third-order valence-corrected chi connectivity index (χ3v) is 5.72. The van der Waals surface area contributed by atoms with Crippen LogP contribution < -0.4 is 5.73 Å². The highest BCUT2D eigenvalue weighted by Crippen LogP contribution is 2.60. The van der Waals surface area contributed by atoms with E-state index >= 15 is 0 Å². The van der Waals surface area contributed by atoms with E-state index in [0.29, 0.717) is 12.6 Å². The molecule has 1 aromatic carbocycles. The van der Waals surface area contributed by atoms with Gasteiger partial charge >= 0.3 is 0 Å². The standard InChI is InChI=1S/C16H21NO2/c17-10-15(9-12-5-6-14(15)19-12)16(18)8-7-11-3-1-2-4-13(11)16/h1-4,12,14,18H,5-10,17H2. The summed E-state index contributed by atoms with van der Waals surface area (Å²) >= 11 is 0. The molecule has 2 aliphatic heterocycles. The molecule has 0 aromatic heterocycles. The molecule has 3 aliphatic rings. The summed E-state index contributed by atoms with van der Waals surface area (Å²) in [6, 6.07) is 8.28. The van der Waals surface area contributed by atoms with Crippen molar-refractivity contribution in [2.24, 2.45) is 11.1 Å². The molecule has 4 unspecified atom stereocenters. The molecule has 4 atom stereocenters. The number of fused-ring (bicyclic) bond motifs is 3. The number of hydrogen-bond donors (Lipinski definition) is 2. The van der Waals surface area contributed by atoms with Crippen LogP contribution in [0.5, 0.6) is 0 Å². The van der Waals surface area contributed by atoms with E-state index in [4.69, 9.17) is 10.5 Å². The Morgan fingerprint density at radius 1 is 1.32 bits per heavy atom. The molecule has 3 N–H and O–H groups in total. The predicted molar refractivity (Wildman–Crippen MR) is 72.7 cm³/mol. The summed E-state index contributed by atoms with van der Waals surface area (Å²) in [7, 11) is 0. The van der Waals surface area contributed by atoms with Gasteiger partial charge in [0.25, 0.3) is 0 Å². The molecule has 0 spiro atoms. The molecule has 2 saturated heterocycles. The van der Waals surface area contributed by atoms with Gasteiger partial charge in [-0.05, 0) is 43.2 Å². The fourth-order valence-corrected chi connectivity index (χ4v) is 4.73. The quantitative estimate of drug-likeness (QED) is 0.850. The molecule has 0 amide bonds. The SMILES string of the molecule is NCC1(C2(O)CCc3ccccc32)CC2CCC1O2. The summed E-state index contributed by atoms with van der Waals surface area (Å²) in [6.07, 6.45) is 5.28. The molecular weight excluding hydrogens is 238 g/mol. The van der Waals surface area contributed by atoms with Gasteiger partial charge in [0.1, 0.15) is 0 Å². The van der Waals surface area contributed by atoms with E-state index in [-0.39, 0.29) is 11.5 Å². The van der Waals surface area contributed by atoms with Crippen LogP contribution in [0.2, 0.25) is 0 Å². The van der Waals surface area contributed by atoms with Gasteiger partial charge in [-0.1, -0.05) is 24.3 Å². The first-order valence-corrected chi connectivity index (χ1v) is 7.36. The number of aliphatic hydroxyl groups is 1. The summed E-state index contributed by atoms with van der Waals surface area (Å²) in [4.78, 5) is 0. The Kier molecular flexibility index (Phi) is 2.39. The number of ether oxygens (including phenoxy) is 1. The molecule has 0 radical (unpaired) electrons. The Hall–Kier alpha value is -0.900. The van der Waals surface area contributed by atoms with E-state index in [1.54, 1.807) is 0 Å². The first-order valence-electron chi connectivity index (χ1n) is 7.36. The maximum Gasteiger partial charge on any atom is 0.0996 e. The van der Waals surface area contributed by atoms with Crippen LogP contribution in [0.4, 0.5) is 0 Å². The van der Waals surface area contributed by atoms with Crippen LogP contribution in [-0.2, 0) is 16.8 Å². The van der Waals surface area contributed by atoms with Gasteiger partial charge in [-0.25, -0.2) is 0 Å². The lowest BCUT2D eigenvalue weighted by molar-refractivity contribution is -0.116. The minimum Gasteiger partial charge on any atom is -0.384 e. The summed E-state index contributed by atoms with van der Waals surface area (Å²) in [5.74, 6) is 0. The molecule has 0 saturated carbocycles. The minimum absolute atomic E-state index is 0.138. The van der Waals surface area contributed by atoms with Crippen LogP contribution in [0.1, 0.15) is 36.8 Å². The number of aryl methyl sites for hydroxylation is 1. The second-order valence-electron chi connectivity index (χ2n) is 6.41. The van der Waals surface area contributed by atoms with E-state index < -0.39 is 5.60 Å². The molecule has 2 heterocycles. The maximum atomic E-state index is 11.5. The van der Waals surface area contributed by atoms with Crippen molar-refractivity contribution < 1.29 is 9.84 Å². The Balaban J connectivity index is 1.83. The Morgan fingerprint density at radius 2 is 2.16 bits per heavy atom. The van der Waals surface area contributed by atoms with Gasteiger partial charge in [-0.2, -0.15) is 0 Å². The summed E-state index contributed by atoms with van der Waals surface area (Å²) < 4.78 is 6.03. The fraction of sp³-hybridized carbons (Fsp3) is 0.625. The lowest BCUT2D eigenvalue weighted by atomic mass is 9.61. The van der Waals surface area contributed by atoms with Crippen molar-refractivity contribution in [3.63, 3.8) is 0 Å². The molecular formula is C16H21NO2. The van der Waals surface area contributed by atoms with Crippen LogP contribution in [0.3, 0.4) is 0 Å². The molecule has 4 rings (SSSR count). The highest BCUT2D eigenvalue weighted by Gasteiger charge is 2.63. The first kappa shape index (κ1) is 11.9. The number of hydrogen-bond acceptors (Lipinski definition) is 3. The normalized spacial score (nSPS) is 43.7. The topological polar surface area (TPSA) is 55.5 Å². The van der Waals surface area contributed by atoms with Crippen molar-refractivity contribution in [3.05, 3.63) is 35.4 Å².